The summed E-state index contributed by atoms with van der Waals surface area (Å²) in [5.41, 5.74) is 3.73. The number of fused-ring (bicyclic) bond motifs is 1. The molecule has 7 heteroatoms. The molecule has 30 heavy (non-hydrogen) atoms. The molecule has 1 amide bonds. The van der Waals surface area contributed by atoms with Crippen molar-refractivity contribution in [3.05, 3.63) is 39.8 Å². The first-order chi connectivity index (χ1) is 14.6. The number of nitrogens with zero attached hydrogens (tertiary/aromatic N) is 1. The third-order valence-electron chi connectivity index (χ3n) is 5.92. The van der Waals surface area contributed by atoms with E-state index in [4.69, 9.17) is 14.2 Å². The van der Waals surface area contributed by atoms with Gasteiger partial charge in [-0.05, 0) is 43.4 Å². The van der Waals surface area contributed by atoms with Crippen molar-refractivity contribution < 1.29 is 19.0 Å². The summed E-state index contributed by atoms with van der Waals surface area (Å²) < 4.78 is 16.9. The molecule has 2 heterocycles. The van der Waals surface area contributed by atoms with Gasteiger partial charge in [0, 0.05) is 42.1 Å². The van der Waals surface area contributed by atoms with E-state index in [0.717, 1.165) is 48.0 Å². The Morgan fingerprint density at radius 3 is 2.63 bits per heavy atom. The van der Waals surface area contributed by atoms with Crippen molar-refractivity contribution in [2.24, 2.45) is 0 Å². The minimum absolute atomic E-state index is 0.00490. The normalized spacial score (nSPS) is 17.8. The van der Waals surface area contributed by atoms with Crippen LogP contribution in [0.25, 0.3) is 0 Å². The molecule has 1 aromatic carbocycles. The highest BCUT2D eigenvalue weighted by atomic mass is 32.1. The summed E-state index contributed by atoms with van der Waals surface area (Å²) in [6, 6.07) is 6.03. The zero-order valence-electron chi connectivity index (χ0n) is 18.0. The van der Waals surface area contributed by atoms with Crippen molar-refractivity contribution >= 4 is 22.2 Å². The number of anilines is 1. The monoisotopic (exact) mass is 430 g/mol. The highest BCUT2D eigenvalue weighted by molar-refractivity contribution is 7.16. The second kappa shape index (κ2) is 9.37. The van der Waals surface area contributed by atoms with E-state index >= 15 is 0 Å². The highest BCUT2D eigenvalue weighted by Gasteiger charge is 2.34. The lowest BCUT2D eigenvalue weighted by molar-refractivity contribution is -0.114. The first kappa shape index (κ1) is 21.2. The topological polar surface area (TPSA) is 60.0 Å². The first-order valence-electron chi connectivity index (χ1n) is 10.6. The van der Waals surface area contributed by atoms with Crippen molar-refractivity contribution in [1.29, 1.82) is 0 Å². The van der Waals surface area contributed by atoms with Crippen molar-refractivity contribution in [3.8, 4) is 11.5 Å². The van der Waals surface area contributed by atoms with E-state index in [1.807, 2.05) is 12.1 Å². The minimum Gasteiger partial charge on any atom is -0.497 e. The van der Waals surface area contributed by atoms with Crippen LogP contribution in [0.4, 0.5) is 5.00 Å². The number of benzene rings is 1. The van der Waals surface area contributed by atoms with Crippen LogP contribution >= 0.6 is 11.3 Å². The molecule has 2 aliphatic rings. The lowest BCUT2D eigenvalue weighted by Gasteiger charge is -2.36. The molecular weight excluding hydrogens is 400 g/mol. The van der Waals surface area contributed by atoms with Crippen LogP contribution in [0.5, 0.6) is 11.5 Å². The fourth-order valence-corrected chi connectivity index (χ4v) is 5.91. The van der Waals surface area contributed by atoms with Crippen LogP contribution in [-0.4, -0.2) is 51.3 Å². The molecule has 1 fully saturated rings. The van der Waals surface area contributed by atoms with Crippen molar-refractivity contribution in [3.63, 3.8) is 0 Å². The van der Waals surface area contributed by atoms with E-state index in [-0.39, 0.29) is 11.9 Å². The molecule has 1 atom stereocenters. The summed E-state index contributed by atoms with van der Waals surface area (Å²) in [7, 11) is 3.37. The third kappa shape index (κ3) is 4.19. The van der Waals surface area contributed by atoms with E-state index in [0.29, 0.717) is 13.2 Å². The average molecular weight is 431 g/mol. The van der Waals surface area contributed by atoms with Crippen LogP contribution in [0.2, 0.25) is 0 Å². The summed E-state index contributed by atoms with van der Waals surface area (Å²) in [5.74, 6) is 1.54. The maximum Gasteiger partial charge on any atom is 0.221 e. The molecule has 1 aromatic heterocycles. The molecule has 1 N–H and O–H groups in total. The molecule has 0 spiro atoms. The fourth-order valence-electron chi connectivity index (χ4n) is 4.55. The number of rotatable bonds is 6. The van der Waals surface area contributed by atoms with Gasteiger partial charge in [0.2, 0.25) is 5.91 Å². The predicted octanol–water partition coefficient (Wildman–Crippen LogP) is 4.02. The molecule has 1 aliphatic heterocycles. The van der Waals surface area contributed by atoms with Crippen molar-refractivity contribution in [2.75, 3.05) is 45.8 Å². The molecule has 0 saturated carbocycles. The van der Waals surface area contributed by atoms with Gasteiger partial charge in [0.05, 0.1) is 33.5 Å². The Morgan fingerprint density at radius 2 is 1.93 bits per heavy atom. The van der Waals surface area contributed by atoms with Gasteiger partial charge in [0.25, 0.3) is 0 Å². The second-order valence-electron chi connectivity index (χ2n) is 7.79. The highest BCUT2D eigenvalue weighted by Crippen LogP contribution is 2.47. The number of hydrogen-bond acceptors (Lipinski definition) is 6. The standard InChI is InChI=1S/C23H30N2O4S/c1-15(26)24-23-21(18-6-4-5-7-20(18)30-23)22(25-10-12-29-13-11-25)17-9-8-16(27-2)14-19(17)28-3/h8-9,14,22H,4-7,10-13H2,1-3H3,(H,24,26). The van der Waals surface area contributed by atoms with Crippen molar-refractivity contribution in [1.82, 2.24) is 4.90 Å². The predicted molar refractivity (Wildman–Crippen MR) is 119 cm³/mol. The SMILES string of the molecule is COc1ccc(C(c2c(NC(C)=O)sc3c2CCCC3)N2CCOCC2)c(OC)c1. The van der Waals surface area contributed by atoms with Crippen LogP contribution in [0, 0.1) is 0 Å². The second-order valence-corrected chi connectivity index (χ2v) is 8.90. The Morgan fingerprint density at radius 1 is 1.17 bits per heavy atom. The van der Waals surface area contributed by atoms with Crippen LogP contribution in [0.3, 0.4) is 0 Å². The summed E-state index contributed by atoms with van der Waals surface area (Å²) >= 11 is 1.74. The number of ether oxygens (including phenoxy) is 3. The molecule has 162 valence electrons. The van der Waals surface area contributed by atoms with Gasteiger partial charge in [-0.25, -0.2) is 0 Å². The maximum atomic E-state index is 12.0. The van der Waals surface area contributed by atoms with E-state index < -0.39 is 0 Å². The maximum absolute atomic E-state index is 12.0. The van der Waals surface area contributed by atoms with E-state index in [1.54, 1.807) is 32.5 Å². The number of amides is 1. The number of nitrogens with one attached hydrogen (secondary N) is 1. The quantitative estimate of drug-likeness (QED) is 0.750. The molecule has 1 aliphatic carbocycles. The first-order valence-corrected chi connectivity index (χ1v) is 11.4. The molecular formula is C23H30N2O4S. The average Bonchev–Trinajstić information content (AvgIpc) is 3.12. The van der Waals surface area contributed by atoms with E-state index in [1.165, 1.54) is 28.8 Å². The largest absolute Gasteiger partial charge is 0.497 e. The number of hydrogen-bond donors (Lipinski definition) is 1. The molecule has 1 saturated heterocycles. The molecule has 1 unspecified atom stereocenters. The van der Waals surface area contributed by atoms with Gasteiger partial charge >= 0.3 is 0 Å². The van der Waals surface area contributed by atoms with E-state index in [9.17, 15) is 4.79 Å². The zero-order valence-corrected chi connectivity index (χ0v) is 18.8. The number of thiophene rings is 1. The summed E-state index contributed by atoms with van der Waals surface area (Å²) in [6.07, 6.45) is 4.54. The zero-order chi connectivity index (χ0) is 21.1. The van der Waals surface area contributed by atoms with Gasteiger partial charge in [0.15, 0.2) is 0 Å². The lowest BCUT2D eigenvalue weighted by atomic mass is 9.88. The Kier molecular flexibility index (Phi) is 6.61. The number of carbonyl (C=O) groups is 1. The molecule has 0 radical (unpaired) electrons. The van der Waals surface area contributed by atoms with Gasteiger partial charge in [-0.3, -0.25) is 9.69 Å². The molecule has 2 aromatic rings. The van der Waals surface area contributed by atoms with Gasteiger partial charge in [-0.2, -0.15) is 0 Å². The van der Waals surface area contributed by atoms with Gasteiger partial charge in [-0.15, -0.1) is 11.3 Å². The van der Waals surface area contributed by atoms with Crippen LogP contribution in [-0.2, 0) is 22.4 Å². The Balaban J connectivity index is 1.89. The van der Waals surface area contributed by atoms with Gasteiger partial charge < -0.3 is 19.5 Å². The van der Waals surface area contributed by atoms with Gasteiger partial charge in [0.1, 0.15) is 16.5 Å². The lowest BCUT2D eigenvalue weighted by Crippen LogP contribution is -2.40. The van der Waals surface area contributed by atoms with Crippen LogP contribution in [0.15, 0.2) is 18.2 Å². The third-order valence-corrected chi connectivity index (χ3v) is 7.14. The van der Waals surface area contributed by atoms with Crippen LogP contribution < -0.4 is 14.8 Å². The molecule has 4 rings (SSSR count). The smallest absolute Gasteiger partial charge is 0.221 e. The summed E-state index contributed by atoms with van der Waals surface area (Å²) in [4.78, 5) is 15.9. The van der Waals surface area contributed by atoms with Crippen LogP contribution in [0.1, 0.15) is 47.4 Å². The van der Waals surface area contributed by atoms with Crippen molar-refractivity contribution in [2.45, 2.75) is 38.6 Å². The minimum atomic E-state index is -0.0303. The molecule has 6 nitrogen and oxygen atoms in total. The van der Waals surface area contributed by atoms with E-state index in [2.05, 4.69) is 16.3 Å². The molecule has 0 bridgehead atoms. The Labute approximate surface area is 182 Å². The summed E-state index contributed by atoms with van der Waals surface area (Å²) in [5, 5.41) is 4.11. The number of carbonyl (C=O) groups excluding carboxylic acids is 1. The van der Waals surface area contributed by atoms with Gasteiger partial charge in [-0.1, -0.05) is 0 Å². The Hall–Kier alpha value is -2.09. The number of methoxy groups -OCH3 is 2. The number of aryl methyl sites for hydroxylation is 1. The summed E-state index contributed by atoms with van der Waals surface area (Å²) in [6.45, 7) is 4.67. The fraction of sp³-hybridized carbons (Fsp3) is 0.522. The number of morpholine rings is 1. The Bertz CT molecular complexity index is 905.